The average molecular weight is 413 g/mol. The van der Waals surface area contributed by atoms with E-state index in [9.17, 15) is 9.59 Å². The summed E-state index contributed by atoms with van der Waals surface area (Å²) in [5.41, 5.74) is 3.03. The van der Waals surface area contributed by atoms with E-state index < -0.39 is 5.60 Å². The lowest BCUT2D eigenvalue weighted by Crippen LogP contribution is -2.53. The minimum absolute atomic E-state index is 0.0773. The van der Waals surface area contributed by atoms with E-state index in [1.807, 2.05) is 32.6 Å². The molecule has 1 saturated heterocycles. The minimum Gasteiger partial charge on any atom is -0.444 e. The highest BCUT2D eigenvalue weighted by Crippen LogP contribution is 2.28. The molecule has 2 amide bonds. The van der Waals surface area contributed by atoms with Crippen LogP contribution in [-0.4, -0.2) is 56.8 Å². The third-order valence-corrected chi connectivity index (χ3v) is 5.29. The van der Waals surface area contributed by atoms with Crippen molar-refractivity contribution in [3.05, 3.63) is 52.8 Å². The first-order valence-corrected chi connectivity index (χ1v) is 10.5. The third kappa shape index (κ3) is 4.83. The van der Waals surface area contributed by atoms with Gasteiger partial charge < -0.3 is 14.5 Å². The highest BCUT2D eigenvalue weighted by atomic mass is 16.6. The lowest BCUT2D eigenvalue weighted by Gasteiger charge is -2.41. The predicted octanol–water partition coefficient (Wildman–Crippen LogP) is 3.73. The van der Waals surface area contributed by atoms with Gasteiger partial charge >= 0.3 is 6.09 Å². The first-order chi connectivity index (χ1) is 14.1. The van der Waals surface area contributed by atoms with Crippen LogP contribution in [0.5, 0.6) is 0 Å². The van der Waals surface area contributed by atoms with Crippen LogP contribution in [-0.2, 0) is 18.2 Å². The fraction of sp³-hybridized carbons (Fsp3) is 0.522. The molecular weight excluding hydrogens is 380 g/mol. The van der Waals surface area contributed by atoms with Gasteiger partial charge in [-0.15, -0.1) is 0 Å². The Morgan fingerprint density at radius 2 is 1.83 bits per heavy atom. The number of hydrogen-bond donors (Lipinski definition) is 0. The molecule has 7 heteroatoms. The topological polar surface area (TPSA) is 67.7 Å². The van der Waals surface area contributed by atoms with E-state index in [4.69, 9.17) is 4.74 Å². The summed E-state index contributed by atoms with van der Waals surface area (Å²) < 4.78 is 7.19. The van der Waals surface area contributed by atoms with Crippen molar-refractivity contribution in [2.45, 2.75) is 52.7 Å². The van der Waals surface area contributed by atoms with Gasteiger partial charge in [0.25, 0.3) is 5.91 Å². The van der Waals surface area contributed by atoms with Crippen LogP contribution >= 0.6 is 0 Å². The number of hydrogen-bond acceptors (Lipinski definition) is 4. The van der Waals surface area contributed by atoms with Crippen molar-refractivity contribution in [2.75, 3.05) is 19.6 Å². The molecule has 0 aliphatic carbocycles. The van der Waals surface area contributed by atoms with Gasteiger partial charge in [-0.25, -0.2) is 4.79 Å². The van der Waals surface area contributed by atoms with Crippen LogP contribution in [0.2, 0.25) is 0 Å². The molecule has 1 fully saturated rings. The van der Waals surface area contributed by atoms with E-state index in [0.29, 0.717) is 25.3 Å². The number of nitrogens with zero attached hydrogens (tertiary/aromatic N) is 4. The summed E-state index contributed by atoms with van der Waals surface area (Å²) in [6, 6.07) is 9.82. The average Bonchev–Trinajstić information content (AvgIpc) is 3.03. The Morgan fingerprint density at radius 3 is 2.37 bits per heavy atom. The second-order valence-corrected chi connectivity index (χ2v) is 8.83. The molecule has 1 aromatic heterocycles. The number of benzene rings is 1. The standard InChI is InChI=1S/C23H32N4O3/c1-7-17-8-10-18(11-9-17)20-15-26(22(29)30-23(3,4)5)12-13-27(20)21(28)19-14-16(2)24-25(19)6/h8-11,14,20H,7,12-13,15H2,1-6H3/t20-/m1/s1. The van der Waals surface area contributed by atoms with Gasteiger partial charge in [0.05, 0.1) is 11.7 Å². The summed E-state index contributed by atoms with van der Waals surface area (Å²) >= 11 is 0. The maximum absolute atomic E-state index is 13.4. The van der Waals surface area contributed by atoms with Gasteiger partial charge in [-0.1, -0.05) is 31.2 Å². The highest BCUT2D eigenvalue weighted by molar-refractivity contribution is 5.93. The molecule has 2 heterocycles. The summed E-state index contributed by atoms with van der Waals surface area (Å²) in [7, 11) is 1.78. The summed E-state index contributed by atoms with van der Waals surface area (Å²) in [6.45, 7) is 10.8. The smallest absolute Gasteiger partial charge is 0.410 e. The number of piperazine rings is 1. The molecule has 0 unspecified atom stereocenters. The van der Waals surface area contributed by atoms with Gasteiger partial charge in [0, 0.05) is 26.7 Å². The van der Waals surface area contributed by atoms with E-state index in [-0.39, 0.29) is 18.0 Å². The van der Waals surface area contributed by atoms with Crippen LogP contribution in [0.1, 0.15) is 61.0 Å². The molecule has 0 N–H and O–H groups in total. The summed E-state index contributed by atoms with van der Waals surface area (Å²) in [5, 5.41) is 4.32. The maximum Gasteiger partial charge on any atom is 0.410 e. The first kappa shape index (κ1) is 21.9. The van der Waals surface area contributed by atoms with Crippen molar-refractivity contribution in [3.63, 3.8) is 0 Å². The van der Waals surface area contributed by atoms with Crippen LogP contribution in [0.4, 0.5) is 4.79 Å². The monoisotopic (exact) mass is 412 g/mol. The van der Waals surface area contributed by atoms with E-state index in [2.05, 4.69) is 36.3 Å². The predicted molar refractivity (Wildman–Crippen MR) is 115 cm³/mol. The molecule has 1 aromatic carbocycles. The van der Waals surface area contributed by atoms with Crippen molar-refractivity contribution in [3.8, 4) is 0 Å². The van der Waals surface area contributed by atoms with Crippen LogP contribution in [0.25, 0.3) is 0 Å². The van der Waals surface area contributed by atoms with Gasteiger partial charge in [-0.3, -0.25) is 9.48 Å². The summed E-state index contributed by atoms with van der Waals surface area (Å²) in [6.07, 6.45) is 0.604. The normalized spacial score (nSPS) is 17.2. The fourth-order valence-electron chi connectivity index (χ4n) is 3.74. The number of amides is 2. The second kappa shape index (κ2) is 8.50. The summed E-state index contributed by atoms with van der Waals surface area (Å²) in [4.78, 5) is 29.6. The molecule has 1 aliphatic heterocycles. The van der Waals surface area contributed by atoms with Crippen molar-refractivity contribution >= 4 is 12.0 Å². The molecule has 30 heavy (non-hydrogen) atoms. The molecular formula is C23H32N4O3. The molecule has 0 radical (unpaired) electrons. The Hall–Kier alpha value is -2.83. The lowest BCUT2D eigenvalue weighted by atomic mass is 9.99. The van der Waals surface area contributed by atoms with Crippen LogP contribution < -0.4 is 0 Å². The van der Waals surface area contributed by atoms with E-state index in [0.717, 1.165) is 17.7 Å². The maximum atomic E-state index is 13.4. The van der Waals surface area contributed by atoms with Crippen molar-refractivity contribution < 1.29 is 14.3 Å². The molecule has 3 rings (SSSR count). The van der Waals surface area contributed by atoms with Crippen molar-refractivity contribution in [1.29, 1.82) is 0 Å². The highest BCUT2D eigenvalue weighted by Gasteiger charge is 2.36. The van der Waals surface area contributed by atoms with E-state index in [1.54, 1.807) is 22.7 Å². The SMILES string of the molecule is CCc1ccc([C@H]2CN(C(=O)OC(C)(C)C)CCN2C(=O)c2cc(C)nn2C)cc1. The van der Waals surface area contributed by atoms with Gasteiger partial charge in [0.1, 0.15) is 11.3 Å². The second-order valence-electron chi connectivity index (χ2n) is 8.83. The third-order valence-electron chi connectivity index (χ3n) is 5.29. The van der Waals surface area contributed by atoms with Crippen LogP contribution in [0.3, 0.4) is 0 Å². The molecule has 0 bridgehead atoms. The largest absolute Gasteiger partial charge is 0.444 e. The zero-order valence-electron chi connectivity index (χ0n) is 18.8. The molecule has 0 spiro atoms. The molecule has 0 saturated carbocycles. The Labute approximate surface area is 178 Å². The number of rotatable bonds is 3. The number of carbonyl (C=O) groups is 2. The number of aromatic nitrogens is 2. The van der Waals surface area contributed by atoms with Gasteiger partial charge in [-0.2, -0.15) is 5.10 Å². The zero-order chi connectivity index (χ0) is 22.1. The molecule has 1 atom stereocenters. The number of ether oxygens (including phenoxy) is 1. The summed E-state index contributed by atoms with van der Waals surface area (Å²) in [5.74, 6) is -0.0773. The Bertz CT molecular complexity index is 912. The minimum atomic E-state index is -0.561. The number of aryl methyl sites for hydroxylation is 3. The first-order valence-electron chi connectivity index (χ1n) is 10.5. The Morgan fingerprint density at radius 1 is 1.17 bits per heavy atom. The van der Waals surface area contributed by atoms with Crippen LogP contribution in [0.15, 0.2) is 30.3 Å². The molecule has 162 valence electrons. The molecule has 1 aliphatic rings. The zero-order valence-corrected chi connectivity index (χ0v) is 18.8. The lowest BCUT2D eigenvalue weighted by molar-refractivity contribution is 0.00384. The quantitative estimate of drug-likeness (QED) is 0.770. The van der Waals surface area contributed by atoms with Crippen molar-refractivity contribution in [2.24, 2.45) is 7.05 Å². The van der Waals surface area contributed by atoms with Gasteiger partial charge in [0.2, 0.25) is 0 Å². The Kier molecular flexibility index (Phi) is 6.19. The molecule has 7 nitrogen and oxygen atoms in total. The van der Waals surface area contributed by atoms with Gasteiger partial charge in [0.15, 0.2) is 0 Å². The van der Waals surface area contributed by atoms with E-state index >= 15 is 0 Å². The van der Waals surface area contributed by atoms with Crippen molar-refractivity contribution in [1.82, 2.24) is 19.6 Å². The van der Waals surface area contributed by atoms with E-state index in [1.165, 1.54) is 5.56 Å². The molecule has 2 aromatic rings. The fourth-order valence-corrected chi connectivity index (χ4v) is 3.74. The Balaban J connectivity index is 1.90. The van der Waals surface area contributed by atoms with Gasteiger partial charge in [-0.05, 0) is 51.3 Å². The van der Waals surface area contributed by atoms with Crippen LogP contribution in [0, 0.1) is 6.92 Å². The number of carbonyl (C=O) groups excluding carboxylic acids is 2.